The molecule has 134 valence electrons. The SMILES string of the molecule is CC1(C)OC(=O)[C@H]2n3c(nn(Cc4ccc(F)cn4)c3=O)CCC23C=C13. The van der Waals surface area contributed by atoms with Crippen LogP contribution in [0.2, 0.25) is 0 Å². The van der Waals surface area contributed by atoms with Crippen LogP contribution in [0.1, 0.15) is 37.8 Å². The summed E-state index contributed by atoms with van der Waals surface area (Å²) in [6.45, 7) is 3.88. The summed E-state index contributed by atoms with van der Waals surface area (Å²) in [7, 11) is 0. The Hall–Kier alpha value is -2.77. The number of aryl methyl sites for hydroxylation is 1. The summed E-state index contributed by atoms with van der Waals surface area (Å²) < 4.78 is 21.4. The van der Waals surface area contributed by atoms with Crippen LogP contribution in [0.3, 0.4) is 0 Å². The number of hydrogen-bond acceptors (Lipinski definition) is 5. The topological polar surface area (TPSA) is 79.0 Å². The van der Waals surface area contributed by atoms with Gasteiger partial charge in [-0.2, -0.15) is 5.10 Å². The van der Waals surface area contributed by atoms with Gasteiger partial charge >= 0.3 is 11.7 Å². The number of halogens is 1. The Morgan fingerprint density at radius 2 is 2.15 bits per heavy atom. The minimum Gasteiger partial charge on any atom is -0.454 e. The van der Waals surface area contributed by atoms with Crippen molar-refractivity contribution in [3.8, 4) is 0 Å². The van der Waals surface area contributed by atoms with Crippen molar-refractivity contribution < 1.29 is 13.9 Å². The average molecular weight is 356 g/mol. The molecular formula is C18H17FN4O3. The van der Waals surface area contributed by atoms with Crippen molar-refractivity contribution in [2.24, 2.45) is 5.41 Å². The van der Waals surface area contributed by atoms with Crippen LogP contribution in [-0.4, -0.2) is 30.9 Å². The summed E-state index contributed by atoms with van der Waals surface area (Å²) in [5.41, 5.74) is 0.225. The number of fused-ring (bicyclic) bond motifs is 2. The van der Waals surface area contributed by atoms with Crippen molar-refractivity contribution in [3.63, 3.8) is 0 Å². The van der Waals surface area contributed by atoms with Gasteiger partial charge in [-0.05, 0) is 38.0 Å². The van der Waals surface area contributed by atoms with E-state index in [-0.39, 0.29) is 12.2 Å². The predicted molar refractivity (Wildman–Crippen MR) is 87.8 cm³/mol. The van der Waals surface area contributed by atoms with Crippen LogP contribution in [0.25, 0.3) is 0 Å². The number of ether oxygens (including phenoxy) is 1. The second-order valence-electron chi connectivity index (χ2n) is 7.63. The number of cyclic esters (lactones) is 1. The summed E-state index contributed by atoms with van der Waals surface area (Å²) in [6.07, 6.45) is 4.53. The van der Waals surface area contributed by atoms with E-state index in [2.05, 4.69) is 16.2 Å². The molecule has 0 N–H and O–H groups in total. The van der Waals surface area contributed by atoms with Gasteiger partial charge in [0.15, 0.2) is 6.04 Å². The monoisotopic (exact) mass is 356 g/mol. The first-order valence-electron chi connectivity index (χ1n) is 8.57. The number of rotatable bonds is 2. The minimum absolute atomic E-state index is 0.125. The maximum Gasteiger partial charge on any atom is 0.347 e. The molecule has 4 heterocycles. The normalized spacial score (nSPS) is 27.7. The van der Waals surface area contributed by atoms with Crippen LogP contribution in [0.15, 0.2) is 34.8 Å². The number of aromatic nitrogens is 4. The quantitative estimate of drug-likeness (QED) is 0.600. The van der Waals surface area contributed by atoms with Crippen molar-refractivity contribution in [1.29, 1.82) is 0 Å². The summed E-state index contributed by atoms with van der Waals surface area (Å²) in [4.78, 5) is 29.6. The molecule has 2 aromatic heterocycles. The smallest absolute Gasteiger partial charge is 0.347 e. The zero-order chi connectivity index (χ0) is 18.3. The third-order valence-electron chi connectivity index (χ3n) is 5.60. The highest BCUT2D eigenvalue weighted by Crippen LogP contribution is 2.64. The number of carbonyl (C=O) groups is 1. The number of carbonyl (C=O) groups excluding carboxylic acids is 1. The zero-order valence-electron chi connectivity index (χ0n) is 14.4. The van der Waals surface area contributed by atoms with E-state index in [0.29, 0.717) is 17.9 Å². The molecule has 2 aromatic rings. The highest BCUT2D eigenvalue weighted by Gasteiger charge is 2.66. The molecule has 2 atom stereocenters. The molecule has 3 aliphatic rings. The number of pyridine rings is 1. The van der Waals surface area contributed by atoms with E-state index in [4.69, 9.17) is 4.74 Å². The van der Waals surface area contributed by atoms with Crippen LogP contribution in [-0.2, 0) is 22.5 Å². The highest BCUT2D eigenvalue weighted by molar-refractivity contribution is 5.83. The predicted octanol–water partition coefficient (Wildman–Crippen LogP) is 1.38. The second-order valence-corrected chi connectivity index (χ2v) is 7.63. The largest absolute Gasteiger partial charge is 0.454 e. The van der Waals surface area contributed by atoms with Crippen molar-refractivity contribution in [1.82, 2.24) is 19.3 Å². The lowest BCUT2D eigenvalue weighted by Crippen LogP contribution is -2.50. The van der Waals surface area contributed by atoms with E-state index in [1.165, 1.54) is 21.4 Å². The molecule has 0 aromatic carbocycles. The van der Waals surface area contributed by atoms with Crippen LogP contribution in [0.5, 0.6) is 0 Å². The van der Waals surface area contributed by atoms with Crippen molar-refractivity contribution in [2.75, 3.05) is 0 Å². The van der Waals surface area contributed by atoms with E-state index in [9.17, 15) is 14.0 Å². The summed E-state index contributed by atoms with van der Waals surface area (Å²) in [5.74, 6) is -0.258. The summed E-state index contributed by atoms with van der Waals surface area (Å²) >= 11 is 0. The lowest BCUT2D eigenvalue weighted by Gasteiger charge is -2.41. The highest BCUT2D eigenvalue weighted by atomic mass is 19.1. The van der Waals surface area contributed by atoms with Crippen LogP contribution in [0.4, 0.5) is 4.39 Å². The average Bonchev–Trinajstić information content (AvgIpc) is 3.24. The molecule has 5 rings (SSSR count). The Bertz CT molecular complexity index is 1030. The van der Waals surface area contributed by atoms with Gasteiger partial charge in [-0.3, -0.25) is 9.55 Å². The maximum absolute atomic E-state index is 13.0. The lowest BCUT2D eigenvalue weighted by atomic mass is 9.77. The number of esters is 1. The van der Waals surface area contributed by atoms with E-state index in [1.54, 1.807) is 0 Å². The molecular weight excluding hydrogens is 339 g/mol. The Kier molecular flexibility index (Phi) is 2.79. The fraction of sp³-hybridized carbons (Fsp3) is 0.444. The van der Waals surface area contributed by atoms with Gasteiger partial charge in [0, 0.05) is 11.8 Å². The standard InChI is InChI=1S/C18H17FN4O3/c1-17(2)12-7-18(12)6-5-13-21-22(9-11-4-3-10(19)8-20-11)16(25)23(13)14(18)15(24)26-17/h3-4,7-8,14H,5-6,9H2,1-2H3/t14-,18?/m1/s1. The van der Waals surface area contributed by atoms with Crippen molar-refractivity contribution in [2.45, 2.75) is 44.9 Å². The van der Waals surface area contributed by atoms with Crippen LogP contribution in [0, 0.1) is 11.2 Å². The van der Waals surface area contributed by atoms with Gasteiger partial charge in [0.05, 0.1) is 18.4 Å². The Balaban J connectivity index is 1.55. The number of allylic oxidation sites excluding steroid dienone is 1. The first-order chi connectivity index (χ1) is 12.3. The van der Waals surface area contributed by atoms with Gasteiger partial charge in [-0.15, -0.1) is 0 Å². The number of nitrogens with zero attached hydrogens (tertiary/aromatic N) is 4. The molecule has 1 aliphatic carbocycles. The molecule has 1 unspecified atom stereocenters. The van der Waals surface area contributed by atoms with Gasteiger partial charge in [-0.25, -0.2) is 18.7 Å². The van der Waals surface area contributed by atoms with Gasteiger partial charge in [0.1, 0.15) is 17.2 Å². The van der Waals surface area contributed by atoms with Gasteiger partial charge in [0.2, 0.25) is 0 Å². The molecule has 26 heavy (non-hydrogen) atoms. The third kappa shape index (κ3) is 1.92. The fourth-order valence-corrected chi connectivity index (χ4v) is 4.40. The van der Waals surface area contributed by atoms with Crippen molar-refractivity contribution in [3.05, 3.63) is 57.8 Å². The van der Waals surface area contributed by atoms with Crippen molar-refractivity contribution >= 4 is 5.97 Å². The zero-order valence-corrected chi connectivity index (χ0v) is 14.4. The molecule has 0 amide bonds. The van der Waals surface area contributed by atoms with E-state index in [0.717, 1.165) is 18.2 Å². The lowest BCUT2D eigenvalue weighted by molar-refractivity contribution is -0.166. The van der Waals surface area contributed by atoms with Gasteiger partial charge < -0.3 is 4.74 Å². The Labute approximate surface area is 148 Å². The summed E-state index contributed by atoms with van der Waals surface area (Å²) in [6, 6.07) is 2.12. The molecule has 0 radical (unpaired) electrons. The Morgan fingerprint density at radius 1 is 1.35 bits per heavy atom. The summed E-state index contributed by atoms with van der Waals surface area (Å²) in [5, 5.41) is 4.38. The molecule has 0 saturated carbocycles. The minimum atomic E-state index is -0.684. The van der Waals surface area contributed by atoms with E-state index < -0.39 is 28.8 Å². The first kappa shape index (κ1) is 15.5. The second kappa shape index (κ2) is 4.69. The van der Waals surface area contributed by atoms with E-state index >= 15 is 0 Å². The van der Waals surface area contributed by atoms with Gasteiger partial charge in [-0.1, -0.05) is 6.08 Å². The number of hydrogen-bond donors (Lipinski definition) is 0. The molecule has 1 fully saturated rings. The van der Waals surface area contributed by atoms with E-state index in [1.807, 2.05) is 13.8 Å². The molecule has 1 saturated heterocycles. The molecule has 7 nitrogen and oxygen atoms in total. The molecule has 1 spiro atoms. The molecule has 2 aliphatic heterocycles. The van der Waals surface area contributed by atoms with Gasteiger partial charge in [0.25, 0.3) is 0 Å². The fourth-order valence-electron chi connectivity index (χ4n) is 4.40. The van der Waals surface area contributed by atoms with Crippen LogP contribution >= 0.6 is 0 Å². The maximum atomic E-state index is 13.0. The molecule has 0 bridgehead atoms. The Morgan fingerprint density at radius 3 is 2.88 bits per heavy atom. The third-order valence-corrected chi connectivity index (χ3v) is 5.60. The molecule has 8 heteroatoms. The van der Waals surface area contributed by atoms with Crippen LogP contribution < -0.4 is 5.69 Å². The first-order valence-corrected chi connectivity index (χ1v) is 8.57.